The summed E-state index contributed by atoms with van der Waals surface area (Å²) in [4.78, 5) is 4.39. The molecule has 0 fully saturated rings. The highest BCUT2D eigenvalue weighted by atomic mass is 35.5. The van der Waals surface area contributed by atoms with E-state index >= 15 is 0 Å². The first-order valence-electron chi connectivity index (χ1n) is 3.09. The molecule has 0 saturated heterocycles. The fourth-order valence-corrected chi connectivity index (χ4v) is 0.575. The smallest absolute Gasteiger partial charge is 0.0679 e. The lowest BCUT2D eigenvalue weighted by molar-refractivity contribution is 0.131. The van der Waals surface area contributed by atoms with E-state index in [1.165, 1.54) is 6.42 Å². The largest absolute Gasteiger partial charge is 0.305 e. The quantitative estimate of drug-likeness (QED) is 0.493. The fourth-order valence-electron chi connectivity index (χ4n) is 0.575. The molecule has 0 saturated carbocycles. The third kappa shape index (κ3) is 11.7. The Morgan fingerprint density at radius 2 is 2.00 bits per heavy atom. The minimum atomic E-state index is 0. The Labute approximate surface area is 63.1 Å². The second-order valence-corrected chi connectivity index (χ2v) is 2.41. The molecule has 0 amide bonds. The van der Waals surface area contributed by atoms with Gasteiger partial charge in [0, 0.05) is 0 Å². The monoisotopic (exact) mass is 153 g/mol. The lowest BCUT2D eigenvalue weighted by atomic mass is 10.1. The van der Waals surface area contributed by atoms with Crippen LogP contribution in [0.3, 0.4) is 0 Å². The molecule has 2 nitrogen and oxygen atoms in total. The first-order valence-corrected chi connectivity index (χ1v) is 3.09. The van der Waals surface area contributed by atoms with Gasteiger partial charge in [0.2, 0.25) is 0 Å². The molecule has 0 aromatic carbocycles. The third-order valence-corrected chi connectivity index (χ3v) is 1.04. The summed E-state index contributed by atoms with van der Waals surface area (Å²) < 4.78 is 0. The molecule has 0 atom stereocenters. The highest BCUT2D eigenvalue weighted by Crippen LogP contribution is 2.01. The predicted molar refractivity (Wildman–Crippen MR) is 41.5 cm³/mol. The highest BCUT2D eigenvalue weighted by Gasteiger charge is 1.91. The summed E-state index contributed by atoms with van der Waals surface area (Å²) >= 11 is 0. The maximum Gasteiger partial charge on any atom is 0.0679 e. The van der Waals surface area contributed by atoms with Gasteiger partial charge >= 0.3 is 0 Å². The average molecular weight is 154 g/mol. The maximum atomic E-state index is 4.81. The van der Waals surface area contributed by atoms with Gasteiger partial charge in [0.05, 0.1) is 6.61 Å². The molecule has 3 heteroatoms. The van der Waals surface area contributed by atoms with Crippen molar-refractivity contribution < 1.29 is 4.84 Å². The van der Waals surface area contributed by atoms with Gasteiger partial charge in [0.25, 0.3) is 0 Å². The van der Waals surface area contributed by atoms with E-state index in [1.54, 1.807) is 0 Å². The Hall–Kier alpha value is 0.210. The van der Waals surface area contributed by atoms with Gasteiger partial charge in [-0.15, -0.1) is 12.4 Å². The van der Waals surface area contributed by atoms with Crippen LogP contribution in [-0.2, 0) is 4.84 Å². The summed E-state index contributed by atoms with van der Waals surface area (Å²) in [5.74, 6) is 5.58. The van der Waals surface area contributed by atoms with Crippen LogP contribution >= 0.6 is 12.4 Å². The molecule has 0 aromatic rings. The van der Waals surface area contributed by atoms with Gasteiger partial charge in [0.15, 0.2) is 0 Å². The van der Waals surface area contributed by atoms with E-state index in [0.29, 0.717) is 6.61 Å². The van der Waals surface area contributed by atoms with Crippen molar-refractivity contribution in [2.24, 2.45) is 11.8 Å². The van der Waals surface area contributed by atoms with E-state index in [9.17, 15) is 0 Å². The van der Waals surface area contributed by atoms with Crippen molar-refractivity contribution in [3.63, 3.8) is 0 Å². The van der Waals surface area contributed by atoms with Gasteiger partial charge in [0.1, 0.15) is 0 Å². The summed E-state index contributed by atoms with van der Waals surface area (Å²) in [5.41, 5.74) is 0. The molecule has 0 rings (SSSR count). The Kier molecular flexibility index (Phi) is 10.9. The van der Waals surface area contributed by atoms with Crippen LogP contribution in [0.4, 0.5) is 0 Å². The van der Waals surface area contributed by atoms with Crippen LogP contribution in [0.15, 0.2) is 0 Å². The van der Waals surface area contributed by atoms with Crippen molar-refractivity contribution in [1.29, 1.82) is 0 Å². The molecular weight excluding hydrogens is 138 g/mol. The van der Waals surface area contributed by atoms with Crippen molar-refractivity contribution in [3.05, 3.63) is 0 Å². The number of halogens is 1. The van der Waals surface area contributed by atoms with E-state index in [0.717, 1.165) is 12.3 Å². The Morgan fingerprint density at radius 3 is 2.33 bits per heavy atom. The van der Waals surface area contributed by atoms with E-state index in [1.807, 2.05) is 0 Å². The second kappa shape index (κ2) is 8.21. The number of hydrogen-bond donors (Lipinski definition) is 1. The fraction of sp³-hybridized carbons (Fsp3) is 1.00. The van der Waals surface area contributed by atoms with Crippen LogP contribution in [0.5, 0.6) is 0 Å². The van der Waals surface area contributed by atoms with Crippen molar-refractivity contribution in [2.75, 3.05) is 6.61 Å². The SMILES string of the molecule is CC(C)CCCON.Cl. The Bertz CT molecular complexity index is 50.3. The second-order valence-electron chi connectivity index (χ2n) is 2.41. The standard InChI is InChI=1S/C6H15NO.ClH/c1-6(2)4-3-5-8-7;/h6H,3-5,7H2,1-2H3;1H. The van der Waals surface area contributed by atoms with Gasteiger partial charge in [-0.3, -0.25) is 0 Å². The Balaban J connectivity index is 0. The zero-order valence-corrected chi connectivity index (χ0v) is 6.91. The zero-order chi connectivity index (χ0) is 6.41. The maximum absolute atomic E-state index is 4.81. The molecule has 0 aliphatic heterocycles. The molecule has 9 heavy (non-hydrogen) atoms. The van der Waals surface area contributed by atoms with Crippen molar-refractivity contribution in [1.82, 2.24) is 0 Å². The van der Waals surface area contributed by atoms with Crippen molar-refractivity contribution in [3.8, 4) is 0 Å². The number of hydrogen-bond acceptors (Lipinski definition) is 2. The first-order chi connectivity index (χ1) is 3.77. The lowest BCUT2D eigenvalue weighted by Gasteiger charge is -2.00. The van der Waals surface area contributed by atoms with Gasteiger partial charge in [-0.25, -0.2) is 5.90 Å². The van der Waals surface area contributed by atoms with Crippen molar-refractivity contribution in [2.45, 2.75) is 26.7 Å². The number of nitrogens with two attached hydrogens (primary N) is 1. The topological polar surface area (TPSA) is 35.2 Å². The van der Waals surface area contributed by atoms with E-state index in [4.69, 9.17) is 5.90 Å². The van der Waals surface area contributed by atoms with Crippen molar-refractivity contribution >= 4 is 12.4 Å². The molecule has 0 bridgehead atoms. The van der Waals surface area contributed by atoms with Crippen LogP contribution in [0.2, 0.25) is 0 Å². The number of rotatable bonds is 4. The van der Waals surface area contributed by atoms with Crippen LogP contribution in [0, 0.1) is 5.92 Å². The summed E-state index contributed by atoms with van der Waals surface area (Å²) in [6.45, 7) is 5.07. The molecule has 0 spiro atoms. The summed E-state index contributed by atoms with van der Waals surface area (Å²) in [6.07, 6.45) is 2.28. The van der Waals surface area contributed by atoms with Gasteiger partial charge < -0.3 is 4.84 Å². The average Bonchev–Trinajstić information content (AvgIpc) is 1.66. The van der Waals surface area contributed by atoms with E-state index in [2.05, 4.69) is 18.7 Å². The van der Waals surface area contributed by atoms with Gasteiger partial charge in [-0.2, -0.15) is 0 Å². The summed E-state index contributed by atoms with van der Waals surface area (Å²) in [7, 11) is 0. The van der Waals surface area contributed by atoms with E-state index < -0.39 is 0 Å². The highest BCUT2D eigenvalue weighted by molar-refractivity contribution is 5.85. The molecule has 0 unspecified atom stereocenters. The molecule has 2 N–H and O–H groups in total. The first kappa shape index (κ1) is 11.9. The molecule has 0 aliphatic rings. The normalized spacial score (nSPS) is 9.33. The molecule has 58 valence electrons. The van der Waals surface area contributed by atoms with E-state index in [-0.39, 0.29) is 12.4 Å². The molecule has 0 radical (unpaired) electrons. The van der Waals surface area contributed by atoms with Crippen LogP contribution in [0.25, 0.3) is 0 Å². The van der Waals surface area contributed by atoms with Crippen LogP contribution in [-0.4, -0.2) is 6.61 Å². The summed E-state index contributed by atoms with van der Waals surface area (Å²) in [5, 5.41) is 0. The molecule has 0 aromatic heterocycles. The van der Waals surface area contributed by atoms with Gasteiger partial charge in [-0.05, 0) is 18.8 Å². The third-order valence-electron chi connectivity index (χ3n) is 1.04. The molecule has 0 aliphatic carbocycles. The van der Waals surface area contributed by atoms with Crippen LogP contribution < -0.4 is 5.90 Å². The van der Waals surface area contributed by atoms with Crippen LogP contribution in [0.1, 0.15) is 26.7 Å². The van der Waals surface area contributed by atoms with Gasteiger partial charge in [-0.1, -0.05) is 13.8 Å². The molecule has 0 heterocycles. The zero-order valence-electron chi connectivity index (χ0n) is 6.09. The minimum Gasteiger partial charge on any atom is -0.305 e. The Morgan fingerprint density at radius 1 is 1.44 bits per heavy atom. The lowest BCUT2D eigenvalue weighted by Crippen LogP contribution is -2.01. The summed E-state index contributed by atoms with van der Waals surface area (Å²) in [6, 6.07) is 0. The molecular formula is C6H16ClNO. The minimum absolute atomic E-state index is 0. The predicted octanol–water partition coefficient (Wildman–Crippen LogP) is 1.73.